The first kappa shape index (κ1) is 14.2. The molecule has 2 N–H and O–H groups in total. The molecule has 0 aromatic heterocycles. The van der Waals surface area contributed by atoms with Gasteiger partial charge in [-0.25, -0.2) is 0 Å². The number of aliphatic carboxylic acids is 1. The molecular weight excluding hydrogens is 216 g/mol. The molecule has 1 fully saturated rings. The maximum Gasteiger partial charge on any atom is 0.303 e. The molecule has 0 aromatic rings. The lowest BCUT2D eigenvalue weighted by Gasteiger charge is -2.17. The van der Waals surface area contributed by atoms with Gasteiger partial charge in [-0.2, -0.15) is 0 Å². The molecule has 3 nitrogen and oxygen atoms in total. The van der Waals surface area contributed by atoms with E-state index in [9.17, 15) is 9.90 Å². The fourth-order valence-corrected chi connectivity index (χ4v) is 2.72. The smallest absolute Gasteiger partial charge is 0.303 e. The van der Waals surface area contributed by atoms with Crippen molar-refractivity contribution in [2.45, 2.75) is 51.9 Å². The lowest BCUT2D eigenvalue weighted by atomic mass is 9.90. The number of carboxylic acid groups (broad SMARTS) is 1. The van der Waals surface area contributed by atoms with Gasteiger partial charge in [-0.15, -0.1) is 0 Å². The van der Waals surface area contributed by atoms with E-state index in [-0.39, 0.29) is 6.42 Å². The van der Waals surface area contributed by atoms with Gasteiger partial charge in [-0.05, 0) is 50.9 Å². The molecule has 0 spiro atoms. The summed E-state index contributed by atoms with van der Waals surface area (Å²) in [5.74, 6) is 0.403. The Morgan fingerprint density at radius 1 is 1.35 bits per heavy atom. The van der Waals surface area contributed by atoms with Gasteiger partial charge in [0.05, 0.1) is 0 Å². The van der Waals surface area contributed by atoms with Gasteiger partial charge < -0.3 is 10.2 Å². The van der Waals surface area contributed by atoms with Crippen LogP contribution >= 0.6 is 0 Å². The molecular formula is C14H24O3. The van der Waals surface area contributed by atoms with Crippen LogP contribution in [0, 0.1) is 11.8 Å². The first-order chi connectivity index (χ1) is 8.13. The van der Waals surface area contributed by atoms with Gasteiger partial charge in [0.1, 0.15) is 0 Å². The summed E-state index contributed by atoms with van der Waals surface area (Å²) >= 11 is 0. The van der Waals surface area contributed by atoms with E-state index < -0.39 is 5.97 Å². The van der Waals surface area contributed by atoms with E-state index >= 15 is 0 Å². The summed E-state index contributed by atoms with van der Waals surface area (Å²) in [5.41, 5.74) is 1.35. The summed E-state index contributed by atoms with van der Waals surface area (Å²) in [6.07, 6.45) is 8.69. The van der Waals surface area contributed by atoms with E-state index in [1.165, 1.54) is 18.4 Å². The normalized spacial score (nSPS) is 25.2. The Morgan fingerprint density at radius 3 is 2.71 bits per heavy atom. The second kappa shape index (κ2) is 7.49. The fraction of sp³-hybridized carbons (Fsp3) is 0.786. The van der Waals surface area contributed by atoms with Gasteiger partial charge >= 0.3 is 5.97 Å². The van der Waals surface area contributed by atoms with E-state index in [0.717, 1.165) is 25.7 Å². The van der Waals surface area contributed by atoms with Crippen molar-refractivity contribution in [1.29, 1.82) is 0 Å². The molecule has 0 heterocycles. The second-order valence-corrected chi connectivity index (χ2v) is 5.17. The number of allylic oxidation sites excluding steroid dienone is 2. The van der Waals surface area contributed by atoms with Crippen molar-refractivity contribution in [3.63, 3.8) is 0 Å². The first-order valence-corrected chi connectivity index (χ1v) is 6.61. The summed E-state index contributed by atoms with van der Waals surface area (Å²) in [4.78, 5) is 10.4. The highest BCUT2D eigenvalue weighted by atomic mass is 16.4. The largest absolute Gasteiger partial charge is 0.481 e. The predicted octanol–water partition coefficient (Wildman–Crippen LogP) is 2.99. The Kier molecular flexibility index (Phi) is 6.27. The van der Waals surface area contributed by atoms with Crippen LogP contribution in [0.4, 0.5) is 0 Å². The van der Waals surface area contributed by atoms with Crippen molar-refractivity contribution < 1.29 is 15.0 Å². The Bertz CT molecular complexity index is 271. The van der Waals surface area contributed by atoms with Crippen LogP contribution in [0.2, 0.25) is 0 Å². The average molecular weight is 240 g/mol. The number of rotatable bonds is 7. The Balaban J connectivity index is 2.25. The van der Waals surface area contributed by atoms with Gasteiger partial charge in [-0.3, -0.25) is 4.79 Å². The zero-order valence-corrected chi connectivity index (χ0v) is 10.7. The third-order valence-corrected chi connectivity index (χ3v) is 3.72. The summed E-state index contributed by atoms with van der Waals surface area (Å²) in [7, 11) is 0. The van der Waals surface area contributed by atoms with Crippen molar-refractivity contribution in [3.05, 3.63) is 11.6 Å². The van der Waals surface area contributed by atoms with Crippen LogP contribution in [0.3, 0.4) is 0 Å². The van der Waals surface area contributed by atoms with Crippen LogP contribution in [0.5, 0.6) is 0 Å². The van der Waals surface area contributed by atoms with Crippen molar-refractivity contribution in [3.8, 4) is 0 Å². The number of hydrogen-bond donors (Lipinski definition) is 2. The van der Waals surface area contributed by atoms with Crippen LogP contribution < -0.4 is 0 Å². The molecule has 0 aliphatic heterocycles. The third-order valence-electron chi connectivity index (χ3n) is 3.72. The van der Waals surface area contributed by atoms with E-state index in [0.29, 0.717) is 18.4 Å². The highest BCUT2D eigenvalue weighted by Crippen LogP contribution is 2.35. The molecule has 0 radical (unpaired) electrons. The number of unbranched alkanes of at least 4 members (excludes halogenated alkanes) is 1. The average Bonchev–Trinajstić information content (AvgIpc) is 2.71. The Morgan fingerprint density at radius 2 is 2.06 bits per heavy atom. The van der Waals surface area contributed by atoms with Crippen LogP contribution in [-0.2, 0) is 4.79 Å². The van der Waals surface area contributed by atoms with Crippen molar-refractivity contribution >= 4 is 5.97 Å². The maximum atomic E-state index is 10.4. The molecule has 1 aliphatic carbocycles. The zero-order chi connectivity index (χ0) is 12.7. The van der Waals surface area contributed by atoms with Gasteiger partial charge in [0, 0.05) is 13.0 Å². The van der Waals surface area contributed by atoms with Crippen LogP contribution in [0.15, 0.2) is 11.6 Å². The summed E-state index contributed by atoms with van der Waals surface area (Å²) in [6.45, 7) is 2.44. The van der Waals surface area contributed by atoms with Gasteiger partial charge in [0.25, 0.3) is 0 Å². The first-order valence-electron chi connectivity index (χ1n) is 6.61. The molecule has 98 valence electrons. The van der Waals surface area contributed by atoms with Crippen LogP contribution in [0.25, 0.3) is 0 Å². The predicted molar refractivity (Wildman–Crippen MR) is 67.8 cm³/mol. The van der Waals surface area contributed by atoms with Crippen LogP contribution in [0.1, 0.15) is 51.9 Å². The summed E-state index contributed by atoms with van der Waals surface area (Å²) in [5, 5.41) is 17.8. The van der Waals surface area contributed by atoms with Crippen molar-refractivity contribution in [2.24, 2.45) is 11.8 Å². The molecule has 1 rings (SSSR count). The molecule has 17 heavy (non-hydrogen) atoms. The lowest BCUT2D eigenvalue weighted by Crippen LogP contribution is -2.12. The van der Waals surface area contributed by atoms with Gasteiger partial charge in [0.2, 0.25) is 0 Å². The highest BCUT2D eigenvalue weighted by molar-refractivity contribution is 5.66. The van der Waals surface area contributed by atoms with E-state index in [1.807, 2.05) is 0 Å². The number of aliphatic hydroxyl groups is 1. The van der Waals surface area contributed by atoms with Crippen molar-refractivity contribution in [2.75, 3.05) is 6.61 Å². The van der Waals surface area contributed by atoms with E-state index in [4.69, 9.17) is 5.11 Å². The molecule has 0 amide bonds. The zero-order valence-electron chi connectivity index (χ0n) is 10.7. The topological polar surface area (TPSA) is 57.5 Å². The quantitative estimate of drug-likeness (QED) is 0.531. The lowest BCUT2D eigenvalue weighted by molar-refractivity contribution is -0.137. The molecule has 0 saturated heterocycles. The minimum atomic E-state index is -0.716. The number of carboxylic acids is 1. The Hall–Kier alpha value is -0.830. The van der Waals surface area contributed by atoms with Crippen molar-refractivity contribution in [1.82, 2.24) is 0 Å². The minimum absolute atomic E-state index is 0.256. The molecule has 3 heteroatoms. The van der Waals surface area contributed by atoms with Gasteiger partial charge in [-0.1, -0.05) is 18.1 Å². The van der Waals surface area contributed by atoms with Crippen LogP contribution in [-0.4, -0.2) is 22.8 Å². The number of aliphatic hydroxyl groups excluding tert-OH is 1. The fourth-order valence-electron chi connectivity index (χ4n) is 2.72. The molecule has 1 aliphatic rings. The molecule has 1 saturated carbocycles. The highest BCUT2D eigenvalue weighted by Gasteiger charge is 2.26. The third kappa shape index (κ3) is 5.35. The molecule has 1 unspecified atom stereocenters. The molecule has 0 bridgehead atoms. The van der Waals surface area contributed by atoms with Gasteiger partial charge in [0.15, 0.2) is 0 Å². The Labute approximate surface area is 104 Å². The van der Waals surface area contributed by atoms with E-state index in [2.05, 4.69) is 13.0 Å². The molecule has 2 atom stereocenters. The summed E-state index contributed by atoms with van der Waals surface area (Å²) < 4.78 is 0. The van der Waals surface area contributed by atoms with E-state index in [1.54, 1.807) is 0 Å². The number of carbonyl (C=O) groups is 1. The standard InChI is InChI=1S/C14H24O3/c1-11(5-2-3-8-14(16)17)9-12-6-4-7-13(12)10-15/h5,12-13,15H,2-4,6-10H2,1H3,(H,16,17)/b11-5+/t12-,13?/m1/s1. The monoisotopic (exact) mass is 240 g/mol. The summed E-state index contributed by atoms with van der Waals surface area (Å²) in [6, 6.07) is 0. The molecule has 0 aromatic carbocycles. The number of hydrogen-bond acceptors (Lipinski definition) is 2. The SMILES string of the molecule is C/C(=C\CCCC(=O)O)C[C@H]1CCCC1CO. The second-order valence-electron chi connectivity index (χ2n) is 5.17. The maximum absolute atomic E-state index is 10.4. The minimum Gasteiger partial charge on any atom is -0.481 e.